The van der Waals surface area contributed by atoms with E-state index in [9.17, 15) is 9.59 Å². The fourth-order valence-electron chi connectivity index (χ4n) is 3.85. The van der Waals surface area contributed by atoms with Gasteiger partial charge in [-0.25, -0.2) is 0 Å². The van der Waals surface area contributed by atoms with Gasteiger partial charge >= 0.3 is 0 Å². The Labute approximate surface area is 125 Å². The van der Waals surface area contributed by atoms with Gasteiger partial charge in [-0.2, -0.15) is 0 Å². The van der Waals surface area contributed by atoms with Gasteiger partial charge in [-0.1, -0.05) is 43.5 Å². The maximum Gasteiger partial charge on any atom is 0.151 e. The summed E-state index contributed by atoms with van der Waals surface area (Å²) in [6.07, 6.45) is 6.90. The molecule has 0 bridgehead atoms. The Morgan fingerprint density at radius 2 is 0.950 bits per heavy atom. The number of aldehydes is 2. The van der Waals surface area contributed by atoms with Crippen LogP contribution in [-0.2, 0) is 9.59 Å². The third-order valence-electron chi connectivity index (χ3n) is 4.95. The van der Waals surface area contributed by atoms with Gasteiger partial charge in [0, 0.05) is 10.6 Å². The third kappa shape index (κ3) is 2.93. The van der Waals surface area contributed by atoms with Crippen LogP contribution in [0.5, 0.6) is 0 Å². The van der Waals surface area contributed by atoms with Crippen LogP contribution < -0.4 is 0 Å². The summed E-state index contributed by atoms with van der Waals surface area (Å²) in [4.78, 5) is 23.5. The zero-order valence-corrected chi connectivity index (χ0v) is 14.8. The summed E-state index contributed by atoms with van der Waals surface area (Å²) in [6.45, 7) is 9.04. The molecule has 2 rings (SSSR count). The molecule has 4 atom stereocenters. The van der Waals surface area contributed by atoms with Crippen LogP contribution in [0.3, 0.4) is 0 Å². The van der Waals surface area contributed by atoms with Crippen molar-refractivity contribution < 1.29 is 9.59 Å². The predicted molar refractivity (Wildman–Crippen MR) is 89.3 cm³/mol. The Morgan fingerprint density at radius 1 is 0.700 bits per heavy atom. The van der Waals surface area contributed by atoms with Crippen molar-refractivity contribution in [3.63, 3.8) is 0 Å². The minimum Gasteiger partial charge on any atom is -0.298 e. The minimum absolute atomic E-state index is 0.434. The lowest BCUT2D eigenvalue weighted by Gasteiger charge is -2.28. The van der Waals surface area contributed by atoms with Crippen molar-refractivity contribution in [2.45, 2.75) is 76.0 Å². The van der Waals surface area contributed by atoms with E-state index in [0.717, 1.165) is 23.2 Å². The lowest BCUT2D eigenvalue weighted by atomic mass is 10.2. The molecule has 0 spiro atoms. The second-order valence-corrected chi connectivity index (χ2v) is 12.5. The maximum atomic E-state index is 11.8. The highest BCUT2D eigenvalue weighted by atomic mass is 31.1. The maximum absolute atomic E-state index is 11.8. The number of carbonyl (C=O) groups is 2. The van der Waals surface area contributed by atoms with E-state index in [4.69, 9.17) is 0 Å². The molecule has 2 fully saturated rings. The SMILES string of the molecule is C[C@@H]1CC[C@@H](C)P1C(C=O)=C(C=O)P1[C@H](C)CC[C@H]1C. The van der Waals surface area contributed by atoms with Crippen molar-refractivity contribution in [3.05, 3.63) is 10.6 Å². The van der Waals surface area contributed by atoms with Crippen LogP contribution >= 0.6 is 15.8 Å². The first kappa shape index (κ1) is 16.3. The van der Waals surface area contributed by atoms with E-state index in [1.54, 1.807) is 0 Å². The smallest absolute Gasteiger partial charge is 0.151 e. The van der Waals surface area contributed by atoms with E-state index in [-0.39, 0.29) is 0 Å². The Balaban J connectivity index is 2.42. The second-order valence-electron chi connectivity index (χ2n) is 6.37. The molecule has 20 heavy (non-hydrogen) atoms. The molecule has 2 saturated heterocycles. The number of carbonyl (C=O) groups excluding carboxylic acids is 2. The van der Waals surface area contributed by atoms with Crippen LogP contribution in [0.2, 0.25) is 0 Å². The molecule has 112 valence electrons. The summed E-state index contributed by atoms with van der Waals surface area (Å²) in [7, 11) is -0.868. The van der Waals surface area contributed by atoms with Crippen molar-refractivity contribution in [2.24, 2.45) is 0 Å². The van der Waals surface area contributed by atoms with Crippen LogP contribution in [0.25, 0.3) is 0 Å². The molecule has 4 heteroatoms. The number of rotatable bonds is 4. The van der Waals surface area contributed by atoms with E-state index in [1.165, 1.54) is 25.7 Å². The van der Waals surface area contributed by atoms with Crippen molar-refractivity contribution >= 4 is 28.4 Å². The van der Waals surface area contributed by atoms with E-state index < -0.39 is 15.8 Å². The summed E-state index contributed by atoms with van der Waals surface area (Å²) in [5.41, 5.74) is 2.38. The highest BCUT2D eigenvalue weighted by Gasteiger charge is 2.39. The van der Waals surface area contributed by atoms with E-state index >= 15 is 0 Å². The molecule has 0 radical (unpaired) electrons. The van der Waals surface area contributed by atoms with Crippen LogP contribution in [0.1, 0.15) is 53.4 Å². The average molecular weight is 312 g/mol. The van der Waals surface area contributed by atoms with Gasteiger partial charge in [0.15, 0.2) is 12.6 Å². The Hall–Kier alpha value is -0.0600. The normalized spacial score (nSPS) is 37.0. The van der Waals surface area contributed by atoms with Gasteiger partial charge in [0.05, 0.1) is 0 Å². The quantitative estimate of drug-likeness (QED) is 0.428. The highest BCUT2D eigenvalue weighted by Crippen LogP contribution is 2.67. The number of hydrogen-bond donors (Lipinski definition) is 0. The van der Waals surface area contributed by atoms with Crippen LogP contribution in [0.15, 0.2) is 10.6 Å². The molecule has 0 aromatic rings. The minimum atomic E-state index is -0.434. The fraction of sp³-hybridized carbons (Fsp3) is 0.750. The molecule has 0 saturated carbocycles. The highest BCUT2D eigenvalue weighted by molar-refractivity contribution is 7.69. The Bertz CT molecular complexity index is 361. The molecular formula is C16H26O2P2. The topological polar surface area (TPSA) is 34.1 Å². The molecule has 2 aliphatic rings. The van der Waals surface area contributed by atoms with Crippen molar-refractivity contribution in [1.82, 2.24) is 0 Å². The van der Waals surface area contributed by atoms with E-state index in [0.29, 0.717) is 22.6 Å². The van der Waals surface area contributed by atoms with Gasteiger partial charge < -0.3 is 0 Å². The summed E-state index contributed by atoms with van der Waals surface area (Å²) < 4.78 is 0. The van der Waals surface area contributed by atoms with Gasteiger partial charge in [-0.3, -0.25) is 9.59 Å². The summed E-state index contributed by atoms with van der Waals surface area (Å²) in [6, 6.07) is 0. The molecule has 0 aliphatic carbocycles. The summed E-state index contributed by atoms with van der Waals surface area (Å²) >= 11 is 0. The van der Waals surface area contributed by atoms with E-state index in [2.05, 4.69) is 27.7 Å². The molecule has 0 N–H and O–H groups in total. The summed E-state index contributed by atoms with van der Waals surface area (Å²) in [5.74, 6) is 0. The molecule has 0 amide bonds. The second kappa shape index (κ2) is 6.80. The molecule has 2 heterocycles. The molecule has 2 nitrogen and oxygen atoms in total. The number of allylic oxidation sites excluding steroid dienone is 2. The fourth-order valence-corrected chi connectivity index (χ4v) is 10.8. The van der Waals surface area contributed by atoms with Gasteiger partial charge in [-0.15, -0.1) is 0 Å². The lowest BCUT2D eigenvalue weighted by molar-refractivity contribution is -0.106. The molecule has 0 aromatic heterocycles. The van der Waals surface area contributed by atoms with E-state index in [1.807, 2.05) is 0 Å². The first-order valence-corrected chi connectivity index (χ1v) is 10.7. The first-order chi connectivity index (χ1) is 9.51. The van der Waals surface area contributed by atoms with Crippen LogP contribution in [0.4, 0.5) is 0 Å². The van der Waals surface area contributed by atoms with Crippen LogP contribution in [-0.4, -0.2) is 35.2 Å². The Kier molecular flexibility index (Phi) is 5.55. The zero-order valence-electron chi connectivity index (χ0n) is 13.0. The molecule has 0 aromatic carbocycles. The Morgan fingerprint density at radius 3 is 1.15 bits per heavy atom. The van der Waals surface area contributed by atoms with Crippen LogP contribution in [0, 0.1) is 0 Å². The molecule has 0 unspecified atom stereocenters. The first-order valence-electron chi connectivity index (χ1n) is 7.72. The average Bonchev–Trinajstić information content (AvgIpc) is 2.92. The largest absolute Gasteiger partial charge is 0.298 e. The van der Waals surface area contributed by atoms with Crippen molar-refractivity contribution in [1.29, 1.82) is 0 Å². The summed E-state index contributed by atoms with van der Waals surface area (Å²) in [5, 5.41) is 1.83. The number of hydrogen-bond acceptors (Lipinski definition) is 2. The van der Waals surface area contributed by atoms with Crippen molar-refractivity contribution in [3.8, 4) is 0 Å². The van der Waals surface area contributed by atoms with Crippen molar-refractivity contribution in [2.75, 3.05) is 0 Å². The predicted octanol–water partition coefficient (Wildman–Crippen LogP) is 4.70. The lowest BCUT2D eigenvalue weighted by Crippen LogP contribution is -2.08. The van der Waals surface area contributed by atoms with Gasteiger partial charge in [0.2, 0.25) is 0 Å². The molecular weight excluding hydrogens is 286 g/mol. The molecule has 2 aliphatic heterocycles. The van der Waals surface area contributed by atoms with Gasteiger partial charge in [0.1, 0.15) is 0 Å². The standard InChI is InChI=1S/C16H26O2P2/c1-11-5-6-12(2)19(11)15(9-17)16(10-18)20-13(3)7-8-14(20)4/h9-14H,5-8H2,1-4H3/t11-,12-,13-,14-/m1/s1. The zero-order chi connectivity index (χ0) is 14.9. The third-order valence-corrected chi connectivity index (χ3v) is 11.8. The monoisotopic (exact) mass is 312 g/mol. The van der Waals surface area contributed by atoms with Gasteiger partial charge in [0.25, 0.3) is 0 Å². The van der Waals surface area contributed by atoms with Gasteiger partial charge in [-0.05, 0) is 48.3 Å².